The van der Waals surface area contributed by atoms with Gasteiger partial charge >= 0.3 is 0 Å². The van der Waals surface area contributed by atoms with Crippen molar-refractivity contribution in [3.63, 3.8) is 0 Å². The topological polar surface area (TPSA) is 101 Å². The normalized spacial score (nSPS) is 14.2. The Balaban J connectivity index is 1.38. The molecule has 2 amide bonds. The van der Waals surface area contributed by atoms with Crippen LogP contribution in [0.4, 0.5) is 5.69 Å². The van der Waals surface area contributed by atoms with Crippen molar-refractivity contribution in [2.75, 3.05) is 51.9 Å². The fraction of sp³-hybridized carbons (Fsp3) is 0.318. The molecule has 0 aliphatic carbocycles. The van der Waals surface area contributed by atoms with E-state index in [-0.39, 0.29) is 18.4 Å². The monoisotopic (exact) mass is 426 g/mol. The third-order valence-corrected chi connectivity index (χ3v) is 4.50. The second-order valence-electron chi connectivity index (χ2n) is 6.82. The van der Waals surface area contributed by atoms with Crippen LogP contribution in [-0.2, 0) is 14.3 Å². The minimum atomic E-state index is -0.265. The minimum absolute atomic E-state index is 0.114. The number of nitrogens with one attached hydrogen (secondary N) is 2. The number of rotatable bonds is 9. The number of methoxy groups -OCH3 is 1. The minimum Gasteiger partial charge on any atom is -0.497 e. The number of carbonyl (C=O) groups is 2. The summed E-state index contributed by atoms with van der Waals surface area (Å²) in [6, 6.07) is 14.1. The Morgan fingerprint density at radius 3 is 2.39 bits per heavy atom. The lowest BCUT2D eigenvalue weighted by atomic mass is 10.2. The fourth-order valence-electron chi connectivity index (χ4n) is 2.85. The number of hydrogen-bond donors (Lipinski definition) is 2. The molecule has 3 rings (SSSR count). The van der Waals surface area contributed by atoms with Gasteiger partial charge in [0.05, 0.1) is 33.1 Å². The maximum absolute atomic E-state index is 12.0. The van der Waals surface area contributed by atoms with E-state index in [9.17, 15) is 9.59 Å². The van der Waals surface area contributed by atoms with Crippen LogP contribution >= 0.6 is 0 Å². The summed E-state index contributed by atoms with van der Waals surface area (Å²) in [5.41, 5.74) is 3.98. The van der Waals surface area contributed by atoms with Crippen LogP contribution < -0.4 is 20.2 Å². The Morgan fingerprint density at radius 2 is 1.71 bits per heavy atom. The molecule has 2 N–H and O–H groups in total. The highest BCUT2D eigenvalue weighted by Gasteiger charge is 2.13. The average molecular weight is 426 g/mol. The number of ether oxygens (including phenoxy) is 3. The van der Waals surface area contributed by atoms with Crippen LogP contribution in [0, 0.1) is 0 Å². The van der Waals surface area contributed by atoms with E-state index >= 15 is 0 Å². The summed E-state index contributed by atoms with van der Waals surface area (Å²) in [5, 5.41) is 6.72. The van der Waals surface area contributed by atoms with Crippen molar-refractivity contribution < 1.29 is 23.8 Å². The SMILES string of the molecule is COc1ccc(NC(=O)COc2ccc(/C=N\NC(=O)CN3CCOCC3)cc2)cc1. The first kappa shape index (κ1) is 22.3. The van der Waals surface area contributed by atoms with E-state index in [1.165, 1.54) is 0 Å². The van der Waals surface area contributed by atoms with Gasteiger partial charge in [-0.3, -0.25) is 14.5 Å². The number of hydrogen-bond acceptors (Lipinski definition) is 7. The fourth-order valence-corrected chi connectivity index (χ4v) is 2.85. The summed E-state index contributed by atoms with van der Waals surface area (Å²) in [7, 11) is 1.58. The second-order valence-corrected chi connectivity index (χ2v) is 6.82. The largest absolute Gasteiger partial charge is 0.497 e. The van der Waals surface area contributed by atoms with Crippen LogP contribution in [0.1, 0.15) is 5.56 Å². The van der Waals surface area contributed by atoms with Crippen LogP contribution in [0.5, 0.6) is 11.5 Å². The average Bonchev–Trinajstić information content (AvgIpc) is 2.80. The standard InChI is InChI=1S/C22H26N4O5/c1-29-19-8-4-18(5-9-19)24-22(28)16-31-20-6-2-17(3-7-20)14-23-25-21(27)15-26-10-12-30-13-11-26/h2-9,14H,10-13,15-16H2,1H3,(H,24,28)(H,25,27)/b23-14-. The van der Waals surface area contributed by atoms with Crippen molar-refractivity contribution in [3.05, 3.63) is 54.1 Å². The van der Waals surface area contributed by atoms with E-state index in [1.807, 2.05) is 4.90 Å². The number of morpholine rings is 1. The first-order chi connectivity index (χ1) is 15.1. The summed E-state index contributed by atoms with van der Waals surface area (Å²) in [6.45, 7) is 2.97. The molecular weight excluding hydrogens is 400 g/mol. The summed E-state index contributed by atoms with van der Waals surface area (Å²) < 4.78 is 15.8. The number of anilines is 1. The van der Waals surface area contributed by atoms with Crippen molar-refractivity contribution in [1.29, 1.82) is 0 Å². The highest BCUT2D eigenvalue weighted by molar-refractivity contribution is 5.92. The number of nitrogens with zero attached hydrogens (tertiary/aromatic N) is 2. The molecule has 1 heterocycles. The molecule has 0 atom stereocenters. The van der Waals surface area contributed by atoms with E-state index in [0.717, 1.165) is 24.4 Å². The Hall–Kier alpha value is -3.43. The number of hydrazone groups is 1. The molecule has 9 nitrogen and oxygen atoms in total. The zero-order chi connectivity index (χ0) is 21.9. The lowest BCUT2D eigenvalue weighted by Crippen LogP contribution is -2.42. The van der Waals surface area contributed by atoms with Gasteiger partial charge in [0.25, 0.3) is 11.8 Å². The molecule has 0 bridgehead atoms. The lowest BCUT2D eigenvalue weighted by Gasteiger charge is -2.25. The molecular formula is C22H26N4O5. The first-order valence-electron chi connectivity index (χ1n) is 9.91. The van der Waals surface area contributed by atoms with Gasteiger partial charge in [-0.1, -0.05) is 0 Å². The van der Waals surface area contributed by atoms with Gasteiger partial charge in [-0.25, -0.2) is 5.43 Å². The van der Waals surface area contributed by atoms with Crippen LogP contribution in [-0.4, -0.2) is 69.5 Å². The lowest BCUT2D eigenvalue weighted by molar-refractivity contribution is -0.123. The molecule has 31 heavy (non-hydrogen) atoms. The molecule has 1 fully saturated rings. The van der Waals surface area contributed by atoms with Gasteiger partial charge in [0.15, 0.2) is 6.61 Å². The third kappa shape index (κ3) is 7.72. The predicted octanol–water partition coefficient (Wildman–Crippen LogP) is 1.49. The molecule has 164 valence electrons. The van der Waals surface area contributed by atoms with Crippen LogP contribution in [0.15, 0.2) is 53.6 Å². The van der Waals surface area contributed by atoms with Crippen LogP contribution in [0.25, 0.3) is 0 Å². The predicted molar refractivity (Wildman–Crippen MR) is 117 cm³/mol. The highest BCUT2D eigenvalue weighted by atomic mass is 16.5. The summed E-state index contributed by atoms with van der Waals surface area (Å²) in [6.07, 6.45) is 1.55. The van der Waals surface area contributed by atoms with Crippen LogP contribution in [0.2, 0.25) is 0 Å². The number of amides is 2. The molecule has 0 aromatic heterocycles. The summed E-state index contributed by atoms with van der Waals surface area (Å²) >= 11 is 0. The highest BCUT2D eigenvalue weighted by Crippen LogP contribution is 2.15. The van der Waals surface area contributed by atoms with E-state index in [0.29, 0.717) is 31.2 Å². The molecule has 0 spiro atoms. The van der Waals surface area contributed by atoms with Gasteiger partial charge in [0.2, 0.25) is 0 Å². The molecule has 2 aromatic rings. The molecule has 0 unspecified atom stereocenters. The maximum Gasteiger partial charge on any atom is 0.262 e. The second kappa shape index (κ2) is 11.7. The molecule has 2 aromatic carbocycles. The molecule has 1 aliphatic heterocycles. The molecule has 0 radical (unpaired) electrons. The molecule has 1 saturated heterocycles. The van der Waals surface area contributed by atoms with Crippen molar-refractivity contribution in [2.24, 2.45) is 5.10 Å². The van der Waals surface area contributed by atoms with E-state index in [2.05, 4.69) is 15.8 Å². The quantitative estimate of drug-likeness (QED) is 0.465. The van der Waals surface area contributed by atoms with Gasteiger partial charge < -0.3 is 19.5 Å². The molecule has 1 aliphatic rings. The maximum atomic E-state index is 12.0. The van der Waals surface area contributed by atoms with Crippen molar-refractivity contribution in [1.82, 2.24) is 10.3 Å². The van der Waals surface area contributed by atoms with Crippen molar-refractivity contribution in [2.45, 2.75) is 0 Å². The first-order valence-corrected chi connectivity index (χ1v) is 9.91. The Labute approximate surface area is 181 Å². The van der Waals surface area contributed by atoms with Crippen molar-refractivity contribution in [3.8, 4) is 11.5 Å². The Bertz CT molecular complexity index is 878. The zero-order valence-electron chi connectivity index (χ0n) is 17.4. The number of carbonyl (C=O) groups excluding carboxylic acids is 2. The van der Waals surface area contributed by atoms with E-state index in [4.69, 9.17) is 14.2 Å². The van der Waals surface area contributed by atoms with Crippen molar-refractivity contribution >= 4 is 23.7 Å². The van der Waals surface area contributed by atoms with E-state index in [1.54, 1.807) is 61.9 Å². The smallest absolute Gasteiger partial charge is 0.262 e. The molecule has 9 heteroatoms. The van der Waals surface area contributed by atoms with Gasteiger partial charge in [-0.05, 0) is 54.1 Å². The third-order valence-electron chi connectivity index (χ3n) is 4.50. The number of benzene rings is 2. The van der Waals surface area contributed by atoms with Crippen LogP contribution in [0.3, 0.4) is 0 Å². The molecule has 0 saturated carbocycles. The van der Waals surface area contributed by atoms with Gasteiger partial charge in [0, 0.05) is 18.8 Å². The van der Waals surface area contributed by atoms with Gasteiger partial charge in [0.1, 0.15) is 11.5 Å². The van der Waals surface area contributed by atoms with Gasteiger partial charge in [-0.2, -0.15) is 5.10 Å². The summed E-state index contributed by atoms with van der Waals surface area (Å²) in [4.78, 5) is 25.9. The Kier molecular flexibility index (Phi) is 8.39. The Morgan fingerprint density at radius 1 is 1.03 bits per heavy atom. The van der Waals surface area contributed by atoms with E-state index < -0.39 is 0 Å². The van der Waals surface area contributed by atoms with Gasteiger partial charge in [-0.15, -0.1) is 0 Å². The summed E-state index contributed by atoms with van der Waals surface area (Å²) in [5.74, 6) is 0.840. The zero-order valence-corrected chi connectivity index (χ0v) is 17.4.